The van der Waals surface area contributed by atoms with Crippen LogP contribution in [0.4, 0.5) is 24.5 Å². The van der Waals surface area contributed by atoms with Gasteiger partial charge in [0.25, 0.3) is 0 Å². The molecule has 2 aromatic carbocycles. The second-order valence-electron chi connectivity index (χ2n) is 5.37. The minimum Gasteiger partial charge on any atom is -0.497 e. The summed E-state index contributed by atoms with van der Waals surface area (Å²) in [5.41, 5.74) is 0.00979. The first kappa shape index (κ1) is 19.4. The molecule has 5 nitrogen and oxygen atoms in total. The van der Waals surface area contributed by atoms with Gasteiger partial charge in [0.05, 0.1) is 25.5 Å². The molecule has 0 bridgehead atoms. The third-order valence-electron chi connectivity index (χ3n) is 3.55. The molecule has 0 heterocycles. The number of rotatable bonds is 7. The van der Waals surface area contributed by atoms with Crippen LogP contribution < -0.4 is 20.1 Å². The van der Waals surface area contributed by atoms with Gasteiger partial charge in [-0.3, -0.25) is 4.79 Å². The fourth-order valence-corrected chi connectivity index (χ4v) is 2.25. The standard InChI is InChI=1S/C18H19F3N2O3/c1-25-14-6-7-16(26-2)15(11-14)23-17(24)8-9-22-13-5-3-4-12(10-13)18(19,20)21/h3-7,10-11,22H,8-9H2,1-2H3,(H,23,24). The van der Waals surface area contributed by atoms with Crippen LogP contribution in [-0.4, -0.2) is 26.7 Å². The number of hydrogen-bond donors (Lipinski definition) is 2. The highest BCUT2D eigenvalue weighted by atomic mass is 19.4. The molecule has 2 aromatic rings. The molecule has 0 aliphatic carbocycles. The Bertz CT molecular complexity index is 764. The van der Waals surface area contributed by atoms with Crippen molar-refractivity contribution in [3.05, 3.63) is 48.0 Å². The third-order valence-corrected chi connectivity index (χ3v) is 3.55. The summed E-state index contributed by atoms with van der Waals surface area (Å²) in [4.78, 5) is 12.1. The summed E-state index contributed by atoms with van der Waals surface area (Å²) in [6, 6.07) is 9.80. The molecule has 1 amide bonds. The minimum absolute atomic E-state index is 0.0661. The van der Waals surface area contributed by atoms with Gasteiger partial charge >= 0.3 is 6.18 Å². The van der Waals surface area contributed by atoms with E-state index < -0.39 is 11.7 Å². The first-order chi connectivity index (χ1) is 12.3. The van der Waals surface area contributed by atoms with Crippen molar-refractivity contribution in [2.75, 3.05) is 31.4 Å². The maximum atomic E-state index is 12.7. The summed E-state index contributed by atoms with van der Waals surface area (Å²) in [6.07, 6.45) is -4.34. The maximum Gasteiger partial charge on any atom is 0.416 e. The molecule has 0 unspecified atom stereocenters. The fourth-order valence-electron chi connectivity index (χ4n) is 2.25. The fraction of sp³-hybridized carbons (Fsp3) is 0.278. The van der Waals surface area contributed by atoms with Crippen molar-refractivity contribution in [1.29, 1.82) is 0 Å². The van der Waals surface area contributed by atoms with Crippen molar-refractivity contribution in [1.82, 2.24) is 0 Å². The Morgan fingerprint density at radius 2 is 1.85 bits per heavy atom. The Morgan fingerprint density at radius 3 is 2.50 bits per heavy atom. The van der Waals surface area contributed by atoms with Gasteiger partial charge in [-0.1, -0.05) is 6.07 Å². The number of amides is 1. The number of methoxy groups -OCH3 is 2. The number of benzene rings is 2. The molecule has 0 aromatic heterocycles. The average Bonchev–Trinajstić information content (AvgIpc) is 2.61. The lowest BCUT2D eigenvalue weighted by Crippen LogP contribution is -2.17. The Kier molecular flexibility index (Phi) is 6.32. The Balaban J connectivity index is 1.92. The Morgan fingerprint density at radius 1 is 1.08 bits per heavy atom. The number of carbonyl (C=O) groups is 1. The molecule has 2 rings (SSSR count). The van der Waals surface area contributed by atoms with Crippen LogP contribution in [-0.2, 0) is 11.0 Å². The van der Waals surface area contributed by atoms with Crippen molar-refractivity contribution in [2.24, 2.45) is 0 Å². The van der Waals surface area contributed by atoms with E-state index in [4.69, 9.17) is 9.47 Å². The molecule has 26 heavy (non-hydrogen) atoms. The molecular formula is C18H19F3N2O3. The first-order valence-corrected chi connectivity index (χ1v) is 7.76. The second-order valence-corrected chi connectivity index (χ2v) is 5.37. The van der Waals surface area contributed by atoms with Crippen molar-refractivity contribution >= 4 is 17.3 Å². The predicted molar refractivity (Wildman–Crippen MR) is 92.7 cm³/mol. The van der Waals surface area contributed by atoms with Gasteiger partial charge in [0.15, 0.2) is 0 Å². The van der Waals surface area contributed by atoms with E-state index in [1.54, 1.807) is 18.2 Å². The van der Waals surface area contributed by atoms with Crippen LogP contribution in [0.15, 0.2) is 42.5 Å². The summed E-state index contributed by atoms with van der Waals surface area (Å²) in [7, 11) is 2.99. The molecule has 2 N–H and O–H groups in total. The van der Waals surface area contributed by atoms with Gasteiger partial charge < -0.3 is 20.1 Å². The molecule has 140 valence electrons. The molecule has 0 radical (unpaired) electrons. The summed E-state index contributed by atoms with van der Waals surface area (Å²) in [5.74, 6) is 0.726. The number of nitrogens with one attached hydrogen (secondary N) is 2. The highest BCUT2D eigenvalue weighted by Gasteiger charge is 2.30. The van der Waals surface area contributed by atoms with Crippen molar-refractivity contribution in [3.8, 4) is 11.5 Å². The quantitative estimate of drug-likeness (QED) is 0.770. The van der Waals surface area contributed by atoms with E-state index in [-0.39, 0.29) is 18.9 Å². The molecule has 0 aliphatic heterocycles. The molecule has 8 heteroatoms. The van der Waals surface area contributed by atoms with Crippen molar-refractivity contribution in [2.45, 2.75) is 12.6 Å². The van der Waals surface area contributed by atoms with E-state index >= 15 is 0 Å². The van der Waals surface area contributed by atoms with Crippen LogP contribution in [0, 0.1) is 0 Å². The average molecular weight is 368 g/mol. The molecule has 0 aliphatic rings. The van der Waals surface area contributed by atoms with Gasteiger partial charge in [0, 0.05) is 24.7 Å². The summed E-state index contributed by atoms with van der Waals surface area (Å²) in [5, 5.41) is 5.50. The van der Waals surface area contributed by atoms with Crippen molar-refractivity contribution in [3.63, 3.8) is 0 Å². The highest BCUT2D eigenvalue weighted by molar-refractivity contribution is 5.92. The zero-order valence-electron chi connectivity index (χ0n) is 14.3. The van der Waals surface area contributed by atoms with E-state index in [9.17, 15) is 18.0 Å². The Labute approximate surface area is 149 Å². The van der Waals surface area contributed by atoms with Gasteiger partial charge in [-0.2, -0.15) is 13.2 Å². The van der Waals surface area contributed by atoms with Crippen LogP contribution in [0.1, 0.15) is 12.0 Å². The van der Waals surface area contributed by atoms with E-state index in [1.807, 2.05) is 0 Å². The number of halogens is 3. The largest absolute Gasteiger partial charge is 0.497 e. The van der Waals surface area contributed by atoms with E-state index in [2.05, 4.69) is 10.6 Å². The van der Waals surface area contributed by atoms with Gasteiger partial charge in [-0.25, -0.2) is 0 Å². The molecule has 0 fully saturated rings. The van der Waals surface area contributed by atoms with Crippen LogP contribution >= 0.6 is 0 Å². The zero-order chi connectivity index (χ0) is 19.2. The number of anilines is 2. The van der Waals surface area contributed by atoms with E-state index in [0.29, 0.717) is 22.9 Å². The lowest BCUT2D eigenvalue weighted by Gasteiger charge is -2.13. The third kappa shape index (κ3) is 5.30. The molecule has 0 saturated carbocycles. The number of hydrogen-bond acceptors (Lipinski definition) is 4. The topological polar surface area (TPSA) is 59.6 Å². The van der Waals surface area contributed by atoms with Crippen LogP contribution in [0.5, 0.6) is 11.5 Å². The van der Waals surface area contributed by atoms with Gasteiger partial charge in [-0.05, 0) is 30.3 Å². The summed E-state index contributed by atoms with van der Waals surface area (Å²) >= 11 is 0. The molecule has 0 spiro atoms. The maximum absolute atomic E-state index is 12.7. The predicted octanol–water partition coefficient (Wildman–Crippen LogP) is 4.16. The summed E-state index contributed by atoms with van der Waals surface area (Å²) < 4.78 is 48.3. The van der Waals surface area contributed by atoms with Gasteiger partial charge in [-0.15, -0.1) is 0 Å². The van der Waals surface area contributed by atoms with E-state index in [0.717, 1.165) is 12.1 Å². The molecule has 0 saturated heterocycles. The lowest BCUT2D eigenvalue weighted by molar-refractivity contribution is -0.137. The Hall–Kier alpha value is -2.90. The molecular weight excluding hydrogens is 349 g/mol. The zero-order valence-corrected chi connectivity index (χ0v) is 14.3. The van der Waals surface area contributed by atoms with Crippen LogP contribution in [0.2, 0.25) is 0 Å². The lowest BCUT2D eigenvalue weighted by atomic mass is 10.2. The van der Waals surface area contributed by atoms with Crippen molar-refractivity contribution < 1.29 is 27.4 Å². The molecule has 0 atom stereocenters. The van der Waals surface area contributed by atoms with Gasteiger partial charge in [0.2, 0.25) is 5.91 Å². The minimum atomic E-state index is -4.40. The van der Waals surface area contributed by atoms with Crippen LogP contribution in [0.25, 0.3) is 0 Å². The number of alkyl halides is 3. The second kappa shape index (κ2) is 8.46. The monoisotopic (exact) mass is 368 g/mol. The smallest absolute Gasteiger partial charge is 0.416 e. The normalized spacial score (nSPS) is 11.0. The number of carbonyl (C=O) groups excluding carboxylic acids is 1. The SMILES string of the molecule is COc1ccc(OC)c(NC(=O)CCNc2cccc(C(F)(F)F)c2)c1. The first-order valence-electron chi connectivity index (χ1n) is 7.76. The number of ether oxygens (including phenoxy) is 2. The van der Waals surface area contributed by atoms with Crippen LogP contribution in [0.3, 0.4) is 0 Å². The summed E-state index contributed by atoms with van der Waals surface area (Å²) in [6.45, 7) is 0.180. The highest BCUT2D eigenvalue weighted by Crippen LogP contribution is 2.31. The van der Waals surface area contributed by atoms with Gasteiger partial charge in [0.1, 0.15) is 11.5 Å². The van der Waals surface area contributed by atoms with E-state index in [1.165, 1.54) is 26.4 Å².